The van der Waals surface area contributed by atoms with Crippen LogP contribution in [0.4, 0.5) is 0 Å². The van der Waals surface area contributed by atoms with E-state index < -0.39 is 0 Å². The summed E-state index contributed by atoms with van der Waals surface area (Å²) in [5.74, 6) is 0.0213. The predicted octanol–water partition coefficient (Wildman–Crippen LogP) is 2.51. The highest BCUT2D eigenvalue weighted by atomic mass is 16.3. The molecular formula is C13H10N2O2. The van der Waals surface area contributed by atoms with Crippen molar-refractivity contribution in [2.75, 3.05) is 0 Å². The van der Waals surface area contributed by atoms with Gasteiger partial charge < -0.3 is 8.98 Å². The molecule has 0 radical (unpaired) electrons. The Morgan fingerprint density at radius 1 is 1.35 bits per heavy atom. The first-order valence-corrected chi connectivity index (χ1v) is 5.30. The van der Waals surface area contributed by atoms with Crippen LogP contribution >= 0.6 is 0 Å². The number of carbonyl (C=O) groups excluding carboxylic acids is 1. The maximum Gasteiger partial charge on any atom is 0.186 e. The van der Waals surface area contributed by atoms with Crippen molar-refractivity contribution < 1.29 is 9.21 Å². The van der Waals surface area contributed by atoms with Crippen LogP contribution in [0, 0.1) is 0 Å². The summed E-state index contributed by atoms with van der Waals surface area (Å²) in [4.78, 5) is 16.0. The fourth-order valence-electron chi connectivity index (χ4n) is 1.82. The third-order valence-electron chi connectivity index (χ3n) is 2.67. The monoisotopic (exact) mass is 226 g/mol. The normalized spacial score (nSPS) is 10.8. The highest BCUT2D eigenvalue weighted by Gasteiger charge is 2.13. The zero-order valence-corrected chi connectivity index (χ0v) is 9.04. The number of para-hydroxylation sites is 1. The quantitative estimate of drug-likeness (QED) is 0.645. The van der Waals surface area contributed by atoms with Gasteiger partial charge in [-0.2, -0.15) is 0 Å². The summed E-state index contributed by atoms with van der Waals surface area (Å²) < 4.78 is 7.08. The molecule has 0 aliphatic carbocycles. The van der Waals surface area contributed by atoms with Gasteiger partial charge in [-0.15, -0.1) is 0 Å². The summed E-state index contributed by atoms with van der Waals surface area (Å²) in [7, 11) is 0. The molecule has 0 amide bonds. The van der Waals surface area contributed by atoms with Crippen LogP contribution < -0.4 is 0 Å². The van der Waals surface area contributed by atoms with Crippen molar-refractivity contribution >= 4 is 16.8 Å². The van der Waals surface area contributed by atoms with E-state index in [4.69, 9.17) is 4.42 Å². The lowest BCUT2D eigenvalue weighted by atomic mass is 10.1. The lowest BCUT2D eigenvalue weighted by molar-refractivity contribution is 0.0973. The van der Waals surface area contributed by atoms with Gasteiger partial charge in [-0.3, -0.25) is 4.79 Å². The minimum atomic E-state index is 0.0213. The Bertz CT molecular complexity index is 653. The van der Waals surface area contributed by atoms with Gasteiger partial charge in [0.25, 0.3) is 0 Å². The van der Waals surface area contributed by atoms with Crippen LogP contribution in [-0.4, -0.2) is 15.3 Å². The summed E-state index contributed by atoms with van der Waals surface area (Å²) in [5, 5.41) is 0.859. The number of hydrogen-bond donors (Lipinski definition) is 0. The van der Waals surface area contributed by atoms with Crippen molar-refractivity contribution in [2.45, 2.75) is 6.54 Å². The van der Waals surface area contributed by atoms with Gasteiger partial charge in [0, 0.05) is 17.8 Å². The number of nitrogens with zero attached hydrogens (tertiary/aromatic N) is 2. The number of aromatic nitrogens is 2. The number of benzene rings is 1. The summed E-state index contributed by atoms with van der Waals surface area (Å²) in [5.41, 5.74) is 1.36. The van der Waals surface area contributed by atoms with Gasteiger partial charge >= 0.3 is 0 Å². The van der Waals surface area contributed by atoms with Crippen LogP contribution in [0.2, 0.25) is 0 Å². The molecule has 4 nitrogen and oxygen atoms in total. The van der Waals surface area contributed by atoms with Crippen molar-refractivity contribution in [3.63, 3.8) is 0 Å². The lowest BCUT2D eigenvalue weighted by Gasteiger charge is -1.99. The van der Waals surface area contributed by atoms with Gasteiger partial charge in [-0.25, -0.2) is 4.98 Å². The molecule has 17 heavy (non-hydrogen) atoms. The van der Waals surface area contributed by atoms with Crippen molar-refractivity contribution in [1.29, 1.82) is 0 Å². The molecule has 3 aromatic rings. The molecular weight excluding hydrogens is 216 g/mol. The van der Waals surface area contributed by atoms with Crippen molar-refractivity contribution in [1.82, 2.24) is 9.55 Å². The number of fused-ring (bicyclic) bond motifs is 1. The zero-order valence-electron chi connectivity index (χ0n) is 9.04. The Hall–Kier alpha value is -2.36. The van der Waals surface area contributed by atoms with Crippen LogP contribution in [0.1, 0.15) is 10.4 Å². The van der Waals surface area contributed by atoms with E-state index in [1.54, 1.807) is 23.3 Å². The highest BCUT2D eigenvalue weighted by molar-refractivity contribution is 6.06. The lowest BCUT2D eigenvalue weighted by Crippen LogP contribution is -2.08. The van der Waals surface area contributed by atoms with Gasteiger partial charge in [0.05, 0.1) is 18.4 Å². The van der Waals surface area contributed by atoms with Crippen LogP contribution in [0.25, 0.3) is 11.0 Å². The summed E-state index contributed by atoms with van der Waals surface area (Å²) in [6.07, 6.45) is 6.56. The largest absolute Gasteiger partial charge is 0.464 e. The number of imidazole rings is 1. The van der Waals surface area contributed by atoms with E-state index in [1.165, 1.54) is 6.26 Å². The first-order valence-electron chi connectivity index (χ1n) is 5.30. The molecule has 1 aromatic carbocycles. The standard InChI is InChI=1S/C13H10N2O2/c16-12(7-15-6-5-14-9-15)11-8-17-13-4-2-1-3-10(11)13/h1-6,8-9H,7H2. The van der Waals surface area contributed by atoms with E-state index in [0.29, 0.717) is 5.56 Å². The second-order valence-electron chi connectivity index (χ2n) is 3.80. The molecule has 0 unspecified atom stereocenters. The minimum Gasteiger partial charge on any atom is -0.464 e. The van der Waals surface area contributed by atoms with Crippen LogP contribution in [0.15, 0.2) is 53.7 Å². The van der Waals surface area contributed by atoms with E-state index >= 15 is 0 Å². The molecule has 2 heterocycles. The maximum atomic E-state index is 12.1. The summed E-state index contributed by atoms with van der Waals surface area (Å²) in [6, 6.07) is 7.52. The molecule has 3 rings (SSSR count). The van der Waals surface area contributed by atoms with Crippen molar-refractivity contribution in [3.8, 4) is 0 Å². The molecule has 0 bridgehead atoms. The minimum absolute atomic E-state index is 0.0213. The molecule has 0 atom stereocenters. The molecule has 0 saturated carbocycles. The van der Waals surface area contributed by atoms with E-state index in [0.717, 1.165) is 11.0 Å². The molecule has 0 saturated heterocycles. The Labute approximate surface area is 97.5 Å². The third-order valence-corrected chi connectivity index (χ3v) is 2.67. The molecule has 2 aromatic heterocycles. The van der Waals surface area contributed by atoms with Crippen LogP contribution in [0.5, 0.6) is 0 Å². The first kappa shape index (κ1) is 9.84. The molecule has 84 valence electrons. The van der Waals surface area contributed by atoms with Crippen molar-refractivity contribution in [3.05, 3.63) is 54.8 Å². The molecule has 0 spiro atoms. The van der Waals surface area contributed by atoms with Gasteiger partial charge in [0.15, 0.2) is 5.78 Å². The fourth-order valence-corrected chi connectivity index (χ4v) is 1.82. The first-order chi connectivity index (χ1) is 8.34. The maximum absolute atomic E-state index is 12.1. The third kappa shape index (κ3) is 1.73. The van der Waals surface area contributed by atoms with E-state index in [-0.39, 0.29) is 12.3 Å². The molecule has 0 N–H and O–H groups in total. The van der Waals surface area contributed by atoms with Gasteiger partial charge in [-0.1, -0.05) is 18.2 Å². The van der Waals surface area contributed by atoms with E-state index in [9.17, 15) is 4.79 Å². The van der Waals surface area contributed by atoms with Gasteiger partial charge in [0.1, 0.15) is 11.8 Å². The van der Waals surface area contributed by atoms with Crippen molar-refractivity contribution in [2.24, 2.45) is 0 Å². The second kappa shape index (κ2) is 3.90. The smallest absolute Gasteiger partial charge is 0.186 e. The number of furan rings is 1. The highest BCUT2D eigenvalue weighted by Crippen LogP contribution is 2.21. The van der Waals surface area contributed by atoms with E-state index in [2.05, 4.69) is 4.98 Å². The number of carbonyl (C=O) groups is 1. The molecule has 0 aliphatic heterocycles. The van der Waals surface area contributed by atoms with Crippen LogP contribution in [0.3, 0.4) is 0 Å². The predicted molar refractivity (Wildman–Crippen MR) is 62.8 cm³/mol. The Morgan fingerprint density at radius 2 is 2.24 bits per heavy atom. The Kier molecular flexibility index (Phi) is 2.26. The van der Waals surface area contributed by atoms with E-state index in [1.807, 2.05) is 24.3 Å². The summed E-state index contributed by atoms with van der Waals surface area (Å²) >= 11 is 0. The Balaban J connectivity index is 1.96. The average molecular weight is 226 g/mol. The molecule has 0 fully saturated rings. The number of hydrogen-bond acceptors (Lipinski definition) is 3. The van der Waals surface area contributed by atoms with Gasteiger partial charge in [0.2, 0.25) is 0 Å². The number of rotatable bonds is 3. The molecule has 0 aliphatic rings. The number of ketones is 1. The van der Waals surface area contributed by atoms with Gasteiger partial charge in [-0.05, 0) is 6.07 Å². The Morgan fingerprint density at radius 3 is 3.06 bits per heavy atom. The van der Waals surface area contributed by atoms with Crippen LogP contribution in [-0.2, 0) is 6.54 Å². The SMILES string of the molecule is O=C(Cn1ccnc1)c1coc2ccccc12. The fraction of sp³-hybridized carbons (Fsp3) is 0.0769. The molecule has 4 heteroatoms. The number of Topliss-reactive ketones (excluding diaryl/α,β-unsaturated/α-hetero) is 1. The summed E-state index contributed by atoms with van der Waals surface area (Å²) in [6.45, 7) is 0.281. The average Bonchev–Trinajstić information content (AvgIpc) is 2.96. The second-order valence-corrected chi connectivity index (χ2v) is 3.80. The zero-order chi connectivity index (χ0) is 11.7. The topological polar surface area (TPSA) is 48.0 Å².